The lowest BCUT2D eigenvalue weighted by Crippen LogP contribution is -2.21. The molecule has 0 saturated carbocycles. The summed E-state index contributed by atoms with van der Waals surface area (Å²) < 4.78 is 0. The van der Waals surface area contributed by atoms with Gasteiger partial charge in [0, 0.05) is 11.3 Å². The Bertz CT molecular complexity index is 590. The highest BCUT2D eigenvalue weighted by atomic mass is 32.1. The third-order valence-electron chi connectivity index (χ3n) is 2.28. The van der Waals surface area contributed by atoms with Gasteiger partial charge in [-0.2, -0.15) is 0 Å². The zero-order valence-electron chi connectivity index (χ0n) is 10.2. The molecule has 3 nitrogen and oxygen atoms in total. The van der Waals surface area contributed by atoms with Crippen LogP contribution in [-0.2, 0) is 6.54 Å². The summed E-state index contributed by atoms with van der Waals surface area (Å²) in [4.78, 5) is 14.5. The summed E-state index contributed by atoms with van der Waals surface area (Å²) in [6.07, 6.45) is 0.456. The van der Waals surface area contributed by atoms with Crippen molar-refractivity contribution >= 4 is 28.6 Å². The highest BCUT2D eigenvalue weighted by Gasteiger charge is 2.08. The standard InChI is InChI=1S/C14H13NO2S2/c16-8-2-1-4-11-6-7-13(19-11)14(17)15-10-12-5-3-9-18-12/h3,5-7,9,16H,2,8,10H2,(H,15,17). The second-order valence-electron chi connectivity index (χ2n) is 3.70. The molecule has 0 radical (unpaired) electrons. The fourth-order valence-electron chi connectivity index (χ4n) is 1.40. The molecule has 19 heavy (non-hydrogen) atoms. The van der Waals surface area contributed by atoms with Gasteiger partial charge in [0.1, 0.15) is 0 Å². The van der Waals surface area contributed by atoms with Crippen LogP contribution < -0.4 is 5.32 Å². The molecule has 2 aromatic rings. The van der Waals surface area contributed by atoms with Gasteiger partial charge >= 0.3 is 0 Å². The molecule has 0 atom stereocenters. The first kappa shape index (κ1) is 13.8. The van der Waals surface area contributed by atoms with Gasteiger partial charge in [0.25, 0.3) is 5.91 Å². The SMILES string of the molecule is O=C(NCc1cccs1)c1ccc(C#CCCO)s1. The Labute approximate surface area is 119 Å². The number of carbonyl (C=O) groups excluding carboxylic acids is 1. The highest BCUT2D eigenvalue weighted by molar-refractivity contribution is 7.14. The minimum atomic E-state index is -0.0754. The number of thiophene rings is 2. The van der Waals surface area contributed by atoms with Gasteiger partial charge in [-0.15, -0.1) is 22.7 Å². The number of carbonyl (C=O) groups is 1. The number of amides is 1. The molecule has 2 rings (SSSR count). The maximum atomic E-state index is 11.9. The smallest absolute Gasteiger partial charge is 0.261 e. The van der Waals surface area contributed by atoms with E-state index in [0.29, 0.717) is 17.8 Å². The quantitative estimate of drug-likeness (QED) is 0.850. The minimum absolute atomic E-state index is 0.0620. The van der Waals surface area contributed by atoms with E-state index in [4.69, 9.17) is 5.11 Å². The van der Waals surface area contributed by atoms with Crippen molar-refractivity contribution in [3.63, 3.8) is 0 Å². The van der Waals surface area contributed by atoms with Crippen LogP contribution in [0.25, 0.3) is 0 Å². The third-order valence-corrected chi connectivity index (χ3v) is 4.16. The Kier molecular flexibility index (Phi) is 5.16. The summed E-state index contributed by atoms with van der Waals surface area (Å²) in [5.41, 5.74) is 0. The molecule has 0 aromatic carbocycles. The molecule has 0 unspecified atom stereocenters. The van der Waals surface area contributed by atoms with E-state index in [-0.39, 0.29) is 12.5 Å². The lowest BCUT2D eigenvalue weighted by atomic mass is 10.3. The second kappa shape index (κ2) is 7.10. The number of aliphatic hydroxyl groups excluding tert-OH is 1. The van der Waals surface area contributed by atoms with E-state index in [2.05, 4.69) is 17.2 Å². The van der Waals surface area contributed by atoms with E-state index in [1.807, 2.05) is 23.6 Å². The molecule has 1 amide bonds. The van der Waals surface area contributed by atoms with Crippen molar-refractivity contribution in [2.75, 3.05) is 6.61 Å². The monoisotopic (exact) mass is 291 g/mol. The molecule has 0 aliphatic carbocycles. The summed E-state index contributed by atoms with van der Waals surface area (Å²) in [7, 11) is 0. The van der Waals surface area contributed by atoms with Crippen LogP contribution in [0.1, 0.15) is 25.8 Å². The van der Waals surface area contributed by atoms with Crippen LogP contribution >= 0.6 is 22.7 Å². The Balaban J connectivity index is 1.91. The molecule has 0 bridgehead atoms. The van der Waals surface area contributed by atoms with Crippen molar-refractivity contribution in [1.29, 1.82) is 0 Å². The first-order chi connectivity index (χ1) is 9.29. The lowest BCUT2D eigenvalue weighted by molar-refractivity contribution is 0.0955. The van der Waals surface area contributed by atoms with E-state index in [9.17, 15) is 4.79 Å². The molecule has 2 aromatic heterocycles. The van der Waals surface area contributed by atoms with Crippen molar-refractivity contribution in [1.82, 2.24) is 5.32 Å². The molecule has 0 spiro atoms. The Morgan fingerprint density at radius 2 is 2.26 bits per heavy atom. The Hall–Kier alpha value is -1.61. The molecular formula is C14H13NO2S2. The molecule has 0 aliphatic heterocycles. The molecular weight excluding hydrogens is 278 g/mol. The van der Waals surface area contributed by atoms with Gasteiger partial charge in [-0.05, 0) is 23.6 Å². The number of rotatable bonds is 4. The van der Waals surface area contributed by atoms with Gasteiger partial charge in [0.05, 0.1) is 22.9 Å². The number of nitrogens with one attached hydrogen (secondary N) is 1. The summed E-state index contributed by atoms with van der Waals surface area (Å²) in [6.45, 7) is 0.618. The zero-order chi connectivity index (χ0) is 13.5. The fourth-order valence-corrected chi connectivity index (χ4v) is 2.84. The van der Waals surface area contributed by atoms with E-state index in [1.165, 1.54) is 11.3 Å². The molecule has 0 saturated heterocycles. The number of aliphatic hydroxyl groups is 1. The van der Waals surface area contributed by atoms with Crippen molar-refractivity contribution in [3.8, 4) is 11.8 Å². The maximum Gasteiger partial charge on any atom is 0.261 e. The van der Waals surface area contributed by atoms with Crippen molar-refractivity contribution in [2.45, 2.75) is 13.0 Å². The van der Waals surface area contributed by atoms with E-state index >= 15 is 0 Å². The molecule has 2 heterocycles. The topological polar surface area (TPSA) is 49.3 Å². The molecule has 0 fully saturated rings. The second-order valence-corrected chi connectivity index (χ2v) is 5.82. The van der Waals surface area contributed by atoms with Gasteiger partial charge in [-0.25, -0.2) is 0 Å². The third kappa shape index (κ3) is 4.21. The van der Waals surface area contributed by atoms with Crippen molar-refractivity contribution in [3.05, 3.63) is 44.3 Å². The van der Waals surface area contributed by atoms with Crippen LogP contribution in [0, 0.1) is 11.8 Å². The van der Waals surface area contributed by atoms with Crippen molar-refractivity contribution < 1.29 is 9.90 Å². The van der Waals surface area contributed by atoms with Crippen LogP contribution in [0.4, 0.5) is 0 Å². The Morgan fingerprint density at radius 3 is 3.00 bits per heavy atom. The van der Waals surface area contributed by atoms with Crippen LogP contribution in [0.3, 0.4) is 0 Å². The summed E-state index contributed by atoms with van der Waals surface area (Å²) in [5.74, 6) is 5.68. The predicted molar refractivity (Wildman–Crippen MR) is 78.4 cm³/mol. The summed E-state index contributed by atoms with van der Waals surface area (Å²) in [6, 6.07) is 7.56. The van der Waals surface area contributed by atoms with Crippen molar-refractivity contribution in [2.24, 2.45) is 0 Å². The van der Waals surface area contributed by atoms with Gasteiger partial charge in [-0.1, -0.05) is 17.9 Å². The first-order valence-corrected chi connectivity index (χ1v) is 7.49. The zero-order valence-corrected chi connectivity index (χ0v) is 11.8. The average Bonchev–Trinajstić information content (AvgIpc) is 3.07. The molecule has 98 valence electrons. The fraction of sp³-hybridized carbons (Fsp3) is 0.214. The van der Waals surface area contributed by atoms with Crippen LogP contribution in [0.2, 0.25) is 0 Å². The Morgan fingerprint density at radius 1 is 1.37 bits per heavy atom. The summed E-state index contributed by atoms with van der Waals surface area (Å²) in [5, 5.41) is 13.5. The van der Waals surface area contributed by atoms with Gasteiger partial charge in [0.2, 0.25) is 0 Å². The molecule has 0 aliphatic rings. The van der Waals surface area contributed by atoms with E-state index in [1.54, 1.807) is 17.4 Å². The minimum Gasteiger partial charge on any atom is -0.395 e. The van der Waals surface area contributed by atoms with Crippen LogP contribution in [-0.4, -0.2) is 17.6 Å². The largest absolute Gasteiger partial charge is 0.395 e. The van der Waals surface area contributed by atoms with Crippen LogP contribution in [0.5, 0.6) is 0 Å². The van der Waals surface area contributed by atoms with E-state index < -0.39 is 0 Å². The van der Waals surface area contributed by atoms with Gasteiger partial charge in [0.15, 0.2) is 0 Å². The first-order valence-electron chi connectivity index (χ1n) is 5.80. The molecule has 2 N–H and O–H groups in total. The van der Waals surface area contributed by atoms with Gasteiger partial charge < -0.3 is 10.4 Å². The normalized spacial score (nSPS) is 9.74. The number of hydrogen-bond donors (Lipinski definition) is 2. The van der Waals surface area contributed by atoms with Crippen LogP contribution in [0.15, 0.2) is 29.6 Å². The maximum absolute atomic E-state index is 11.9. The van der Waals surface area contributed by atoms with E-state index in [0.717, 1.165) is 9.75 Å². The average molecular weight is 291 g/mol. The summed E-state index contributed by atoms with van der Waals surface area (Å²) >= 11 is 2.99. The predicted octanol–water partition coefficient (Wildman–Crippen LogP) is 2.47. The van der Waals surface area contributed by atoms with Gasteiger partial charge in [-0.3, -0.25) is 4.79 Å². The lowest BCUT2D eigenvalue weighted by Gasteiger charge is -2.00. The highest BCUT2D eigenvalue weighted by Crippen LogP contribution is 2.16. The number of hydrogen-bond acceptors (Lipinski definition) is 4. The molecule has 5 heteroatoms.